The van der Waals surface area contributed by atoms with E-state index in [1.54, 1.807) is 6.92 Å². The fourth-order valence-corrected chi connectivity index (χ4v) is 9.37. The van der Waals surface area contributed by atoms with Gasteiger partial charge in [-0.15, -0.1) is 23.1 Å². The van der Waals surface area contributed by atoms with Gasteiger partial charge in [0.25, 0.3) is 17.7 Å². The van der Waals surface area contributed by atoms with Gasteiger partial charge in [-0.3, -0.25) is 24.1 Å². The van der Waals surface area contributed by atoms with Gasteiger partial charge >= 0.3 is 5.97 Å². The first kappa shape index (κ1) is 41.9. The lowest BCUT2D eigenvalue weighted by molar-refractivity contribution is -0.911. The minimum Gasteiger partial charge on any atom is -0.543 e. The fourth-order valence-electron chi connectivity index (χ4n) is 7.39. The molecule has 3 aliphatic heterocycles. The lowest BCUT2D eigenvalue weighted by Crippen LogP contribution is -2.79. The van der Waals surface area contributed by atoms with Crippen LogP contribution in [0.1, 0.15) is 56.6 Å². The molecule has 0 bridgehead atoms. The molecule has 3 aliphatic rings. The summed E-state index contributed by atoms with van der Waals surface area (Å²) >= 11 is 2.21. The van der Waals surface area contributed by atoms with Crippen molar-refractivity contribution in [2.24, 2.45) is 5.16 Å². The summed E-state index contributed by atoms with van der Waals surface area (Å²) in [4.78, 5) is 88.8. The van der Waals surface area contributed by atoms with Gasteiger partial charge in [-0.05, 0) is 33.8 Å². The SMILES string of the molecule is CCn1cc(C(=O)NCC[N+]2(CC3=C(C(=O)[O-])N4C(=O)[C@](C)(NC(=O)/C(=N\OC(C)(C)C(=O)O)c5csc(N)n5)[C@H]4SC3)CCCC2)c(=O)c2cc(F)c(O)c(O)c21. The van der Waals surface area contributed by atoms with Crippen molar-refractivity contribution in [3.8, 4) is 11.5 Å². The average molecular weight is 845 g/mol. The summed E-state index contributed by atoms with van der Waals surface area (Å²) in [5.74, 6) is -8.29. The smallest absolute Gasteiger partial charge is 0.350 e. The molecule has 5 heterocycles. The number of oxime groups is 1. The number of nitrogens with one attached hydrogen (secondary N) is 2. The molecule has 3 amide bonds. The third kappa shape index (κ3) is 7.41. The van der Waals surface area contributed by atoms with E-state index in [0.29, 0.717) is 29.7 Å². The molecule has 0 aliphatic carbocycles. The number of nitrogen functional groups attached to an aromatic ring is 1. The first-order valence-corrected chi connectivity index (χ1v) is 20.0. The van der Waals surface area contributed by atoms with Gasteiger partial charge in [0.15, 0.2) is 28.2 Å². The van der Waals surface area contributed by atoms with Crippen LogP contribution in [0.25, 0.3) is 10.9 Å². The third-order valence-electron chi connectivity index (χ3n) is 10.6. The molecule has 2 fully saturated rings. The van der Waals surface area contributed by atoms with Crippen molar-refractivity contribution in [2.75, 3.05) is 44.2 Å². The molecule has 0 saturated carbocycles. The van der Waals surface area contributed by atoms with Gasteiger partial charge in [0, 0.05) is 42.3 Å². The van der Waals surface area contributed by atoms with Crippen molar-refractivity contribution in [1.82, 2.24) is 25.1 Å². The number of amides is 3. The van der Waals surface area contributed by atoms with Crippen molar-refractivity contribution in [1.29, 1.82) is 0 Å². The molecule has 310 valence electrons. The number of aromatic nitrogens is 2. The fraction of sp³-hybridized carbons (Fsp3) is 0.444. The predicted octanol–water partition coefficient (Wildman–Crippen LogP) is 0.0289. The first-order chi connectivity index (χ1) is 27.2. The van der Waals surface area contributed by atoms with Crippen molar-refractivity contribution >= 4 is 74.5 Å². The lowest BCUT2D eigenvalue weighted by atomic mass is 9.87. The molecule has 2 aromatic heterocycles. The maximum atomic E-state index is 14.3. The molecule has 7 N–H and O–H groups in total. The predicted molar refractivity (Wildman–Crippen MR) is 206 cm³/mol. The van der Waals surface area contributed by atoms with Gasteiger partial charge in [-0.2, -0.15) is 0 Å². The second-order valence-electron chi connectivity index (χ2n) is 14.9. The lowest BCUT2D eigenvalue weighted by Gasteiger charge is -2.57. The number of hydrogen-bond donors (Lipinski definition) is 6. The number of pyridine rings is 1. The zero-order chi connectivity index (χ0) is 42.5. The number of thiazole rings is 1. The molecule has 19 nitrogen and oxygen atoms in total. The number of phenols is 2. The molecule has 2 atom stereocenters. The van der Waals surface area contributed by atoms with Crippen LogP contribution >= 0.6 is 23.1 Å². The number of carboxylic acids is 2. The maximum absolute atomic E-state index is 14.3. The van der Waals surface area contributed by atoms with Gasteiger partial charge in [-0.25, -0.2) is 14.2 Å². The van der Waals surface area contributed by atoms with E-state index in [2.05, 4.69) is 20.8 Å². The Morgan fingerprint density at radius 2 is 1.90 bits per heavy atom. The third-order valence-corrected chi connectivity index (χ3v) is 12.8. The van der Waals surface area contributed by atoms with Crippen molar-refractivity contribution in [2.45, 2.75) is 63.6 Å². The van der Waals surface area contributed by atoms with Crippen LogP contribution in [0.15, 0.2) is 38.9 Å². The zero-order valence-corrected chi connectivity index (χ0v) is 33.4. The van der Waals surface area contributed by atoms with E-state index in [9.17, 15) is 53.6 Å². The normalized spacial score (nSPS) is 20.4. The number of carboxylic acid groups (broad SMARTS) is 2. The number of fused-ring (bicyclic) bond motifs is 2. The number of carbonyl (C=O) groups is 5. The Morgan fingerprint density at radius 1 is 1.21 bits per heavy atom. The number of hydrogen-bond acceptors (Lipinski definition) is 15. The molecular weight excluding hydrogens is 804 g/mol. The number of aryl methyl sites for hydroxylation is 1. The minimum atomic E-state index is -1.83. The van der Waals surface area contributed by atoms with Crippen molar-refractivity contribution in [3.63, 3.8) is 0 Å². The maximum Gasteiger partial charge on any atom is 0.350 e. The number of quaternary nitrogens is 1. The summed E-state index contributed by atoms with van der Waals surface area (Å²) in [6, 6.07) is 0.764. The van der Waals surface area contributed by atoms with E-state index in [0.717, 1.165) is 35.1 Å². The number of benzene rings is 1. The van der Waals surface area contributed by atoms with Crippen LogP contribution in [0.5, 0.6) is 11.5 Å². The number of nitrogens with two attached hydrogens (primary N) is 1. The number of anilines is 1. The summed E-state index contributed by atoms with van der Waals surface area (Å²) in [6.07, 6.45) is 2.83. The molecule has 3 aromatic rings. The Morgan fingerprint density at radius 3 is 2.50 bits per heavy atom. The average Bonchev–Trinajstić information content (AvgIpc) is 3.82. The number of nitrogens with zero attached hydrogens (tertiary/aromatic N) is 5. The summed E-state index contributed by atoms with van der Waals surface area (Å²) in [7, 11) is 0. The number of aromatic hydroxyl groups is 2. The largest absolute Gasteiger partial charge is 0.543 e. The standard InChI is InChI=1S/C36H41FN8O11S2/c1-5-43-13-19(25(46)18-12-20(37)26(47)27(48)24(18)43)28(49)39-8-11-45(9-6-7-10-45)14-17-15-57-32-36(4,31(53)44(32)23(17)30(51)52)41-29(50)22(21-16-58-34(38)40-21)42-56-35(2,3)33(54)55/h12-13,16,32H,5-11,14-15H2,1-4H3,(H7-,38,39,40,41,42,46,47,48,49,50,51,52,54,55)/t32-,36+/m1/s1. The van der Waals surface area contributed by atoms with Crippen LogP contribution in [-0.4, -0.2) is 125 Å². The van der Waals surface area contributed by atoms with Crippen molar-refractivity contribution in [3.05, 3.63) is 56.2 Å². The van der Waals surface area contributed by atoms with Crippen LogP contribution in [0.2, 0.25) is 0 Å². The molecule has 6 rings (SSSR count). The molecular formula is C36H41FN8O11S2. The number of carbonyl (C=O) groups excluding carboxylic acids is 4. The Labute approximate surface area is 337 Å². The second-order valence-corrected chi connectivity index (χ2v) is 16.9. The highest BCUT2D eigenvalue weighted by Crippen LogP contribution is 2.46. The van der Waals surface area contributed by atoms with E-state index in [1.165, 1.54) is 48.7 Å². The molecule has 0 unspecified atom stereocenters. The number of thioether (sulfide) groups is 1. The number of halogens is 1. The van der Waals surface area contributed by atoms with Gasteiger partial charge in [0.1, 0.15) is 28.7 Å². The molecule has 58 heavy (non-hydrogen) atoms. The van der Waals surface area contributed by atoms with Gasteiger partial charge < -0.3 is 55.5 Å². The summed E-state index contributed by atoms with van der Waals surface area (Å²) in [6.45, 7) is 7.56. The Bertz CT molecular complexity index is 2370. The number of phenolic OH excluding ortho intramolecular Hbond substituents is 2. The van der Waals surface area contributed by atoms with E-state index in [1.807, 2.05) is 0 Å². The van der Waals surface area contributed by atoms with Gasteiger partial charge in [0.2, 0.25) is 11.0 Å². The summed E-state index contributed by atoms with van der Waals surface area (Å²) < 4.78 is 16.0. The molecule has 1 aromatic carbocycles. The number of β-lactam (4-membered cyclic amide) rings is 1. The molecule has 0 radical (unpaired) electrons. The van der Waals surface area contributed by atoms with Crippen LogP contribution in [0, 0.1) is 5.82 Å². The quantitative estimate of drug-likeness (QED) is 0.0411. The van der Waals surface area contributed by atoms with E-state index >= 15 is 0 Å². The summed E-state index contributed by atoms with van der Waals surface area (Å²) in [5.41, 5.74) is 0.628. The van der Waals surface area contributed by atoms with Gasteiger partial charge in [0.05, 0.1) is 48.7 Å². The molecule has 2 saturated heterocycles. The van der Waals surface area contributed by atoms with Crippen LogP contribution in [-0.2, 0) is 30.6 Å². The number of rotatable bonds is 14. The summed E-state index contributed by atoms with van der Waals surface area (Å²) in [5, 5.41) is 51.9. The number of likely N-dealkylation sites (tertiary alicyclic amines) is 1. The molecule has 0 spiro atoms. The minimum absolute atomic E-state index is 0.0368. The second kappa shape index (κ2) is 15.5. The van der Waals surface area contributed by atoms with Gasteiger partial charge in [-0.1, -0.05) is 5.16 Å². The van der Waals surface area contributed by atoms with Crippen LogP contribution in [0.3, 0.4) is 0 Å². The Balaban J connectivity index is 1.19. The molecule has 22 heteroatoms. The van der Waals surface area contributed by atoms with E-state index in [4.69, 9.17) is 10.6 Å². The highest BCUT2D eigenvalue weighted by Gasteiger charge is 2.62. The van der Waals surface area contributed by atoms with Crippen LogP contribution < -0.4 is 26.9 Å². The zero-order valence-electron chi connectivity index (χ0n) is 31.8. The van der Waals surface area contributed by atoms with Crippen LogP contribution in [0.4, 0.5) is 9.52 Å². The Kier molecular flexibility index (Phi) is 11.2. The number of aliphatic carboxylic acids is 2. The van der Waals surface area contributed by atoms with Crippen molar-refractivity contribution < 1.29 is 58.1 Å². The first-order valence-electron chi connectivity index (χ1n) is 18.1. The highest BCUT2D eigenvalue weighted by atomic mass is 32.2. The topological polar surface area (TPSA) is 279 Å². The van der Waals surface area contributed by atoms with E-state index in [-0.39, 0.29) is 58.4 Å². The highest BCUT2D eigenvalue weighted by molar-refractivity contribution is 8.00. The van der Waals surface area contributed by atoms with E-state index < -0.39 is 74.6 Å². The Hall–Kier alpha value is -5.74. The monoisotopic (exact) mass is 844 g/mol.